The van der Waals surface area contributed by atoms with Gasteiger partial charge < -0.3 is 159 Å². The summed E-state index contributed by atoms with van der Waals surface area (Å²) in [6, 6.07) is -12.5. The predicted molar refractivity (Wildman–Crippen MR) is 436 cm³/mol. The van der Waals surface area contributed by atoms with E-state index in [1.165, 1.54) is 18.3 Å². The molecule has 1 aromatic heterocycles. The van der Waals surface area contributed by atoms with Crippen LogP contribution < -0.4 is 159 Å². The molecule has 116 heavy (non-hydrogen) atoms. The standard InChI is InChI=1S/C62H118N40O12S2/c63-32(31-115-116-53-42(102(113)114)20-10-21-83-53)44(104)94-34(12-2-23-85-55(67)68)46(106)96-36(14-4-25-87-57(71)72)48(108)98-38(16-6-27-89-59(75)76)50(110)100-40(18-8-29-91-61(79)80)52(112)101-41(19-9-30-92-62(81)82)51(111)99-39(17-7-28-90-60(77)78)49(109)97-37(15-5-26-88-58(73)74)47(107)95-35(13-3-24-86-56(69)70)45(105)93-33(43(64)103)11-1-22-84-54(65)66/h10,20-21,32-41H,1-9,11-19,22-31,63H2,(H2,64,103)(H,93,105)(H,94,104)(H,95,107)(H,96,106)(H,97,109)(H,98,108)(H,99,111)(H,100,110)(H,101,112)(H4,65,66,84)(H4,67,68,85)(H4,69,70,86)(H4,71,72,87)(H4,73,74,88)(H4,75,76,89)(H4,77,78,90)(H4,79,80,91)(H4,81,82,92)/t32-,33-,34-,35-,36-,37-,38-,39-,40-,41-/m0/s1. The Morgan fingerprint density at radius 1 is 0.336 bits per heavy atom. The van der Waals surface area contributed by atoms with E-state index in [4.69, 9.17) is 112 Å². The summed E-state index contributed by atoms with van der Waals surface area (Å²) in [7, 11) is 1.85. The number of carbonyl (C=O) groups excluding carboxylic acids is 10. The second-order valence-corrected chi connectivity index (χ2v) is 28.2. The number of guanidine groups is 9. The number of nitrogens with zero attached hydrogens (tertiary/aromatic N) is 2. The first kappa shape index (κ1) is 101. The Kier molecular flexibility index (Phi) is 50.1. The van der Waals surface area contributed by atoms with Gasteiger partial charge in [-0.05, 0) is 132 Å². The minimum absolute atomic E-state index is 0.00340. The molecule has 10 amide bonds. The van der Waals surface area contributed by atoms with E-state index in [1.54, 1.807) is 0 Å². The van der Waals surface area contributed by atoms with Gasteiger partial charge in [0.15, 0.2) is 58.7 Å². The van der Waals surface area contributed by atoms with E-state index >= 15 is 0 Å². The number of carbonyl (C=O) groups is 10. The molecule has 1 rings (SSSR count). The summed E-state index contributed by atoms with van der Waals surface area (Å²) in [5.74, 6) is -13.7. The van der Waals surface area contributed by atoms with Gasteiger partial charge in [-0.25, -0.2) is 4.98 Å². The molecule has 0 aliphatic heterocycles. The van der Waals surface area contributed by atoms with Crippen molar-refractivity contribution in [1.29, 1.82) is 48.7 Å². The molecule has 10 atom stereocenters. The first-order chi connectivity index (χ1) is 54.8. The molecule has 0 saturated heterocycles. The molecule has 0 radical (unpaired) electrons. The normalized spacial score (nSPS) is 13.2. The van der Waals surface area contributed by atoms with Gasteiger partial charge in [0.05, 0.1) is 11.0 Å². The quantitative estimate of drug-likeness (QED) is 0.00719. The number of nitro groups is 1. The maximum absolute atomic E-state index is 15.0. The Morgan fingerprint density at radius 2 is 0.526 bits per heavy atom. The zero-order valence-corrected chi connectivity index (χ0v) is 65.9. The van der Waals surface area contributed by atoms with E-state index < -0.39 is 172 Å². The van der Waals surface area contributed by atoms with E-state index in [-0.39, 0.29) is 197 Å². The van der Waals surface area contributed by atoms with Gasteiger partial charge in [0.25, 0.3) is 0 Å². The van der Waals surface area contributed by atoms with Gasteiger partial charge in [0.1, 0.15) is 54.4 Å². The Labute approximate surface area is 676 Å². The smallest absolute Gasteiger partial charge is 0.302 e. The van der Waals surface area contributed by atoms with Gasteiger partial charge in [-0.15, -0.1) is 0 Å². The number of nitrogens with two attached hydrogens (primary N) is 11. The molecule has 0 fully saturated rings. The zero-order chi connectivity index (χ0) is 87.2. The summed E-state index contributed by atoms with van der Waals surface area (Å²) >= 11 is 0. The second kappa shape index (κ2) is 57.4. The highest BCUT2D eigenvalue weighted by atomic mass is 33.1. The summed E-state index contributed by atoms with van der Waals surface area (Å²) in [6.45, 7) is -0.0409. The maximum atomic E-state index is 15.0. The molecule has 0 bridgehead atoms. The monoisotopic (exact) mass is 1680 g/mol. The Morgan fingerprint density at radius 3 is 0.716 bits per heavy atom. The van der Waals surface area contributed by atoms with Crippen molar-refractivity contribution in [2.75, 3.05) is 64.7 Å². The fraction of sp³-hybridized carbons (Fsp3) is 0.613. The molecule has 1 heterocycles. The molecule has 0 spiro atoms. The number of nitrogens with one attached hydrogen (secondary N) is 27. The van der Waals surface area contributed by atoms with E-state index in [0.29, 0.717) is 0 Å². The lowest BCUT2D eigenvalue weighted by molar-refractivity contribution is -0.388. The van der Waals surface area contributed by atoms with Crippen LogP contribution >= 0.6 is 21.6 Å². The van der Waals surface area contributed by atoms with Crippen LogP contribution in [0.1, 0.15) is 116 Å². The van der Waals surface area contributed by atoms with Crippen LogP contribution in [0, 0.1) is 58.8 Å². The number of pyridine rings is 1. The summed E-state index contributed by atoms with van der Waals surface area (Å²) in [5, 5.41) is 127. The molecule has 650 valence electrons. The molecule has 54 heteroatoms. The van der Waals surface area contributed by atoms with Crippen molar-refractivity contribution in [3.63, 3.8) is 0 Å². The highest BCUT2D eigenvalue weighted by molar-refractivity contribution is 8.76. The molecule has 52 nitrogen and oxygen atoms in total. The number of primary amides is 1. The van der Waals surface area contributed by atoms with Gasteiger partial charge in [0, 0.05) is 76.9 Å². The summed E-state index contributed by atoms with van der Waals surface area (Å²) < 4.78 is 0. The minimum atomic E-state index is -1.63. The van der Waals surface area contributed by atoms with Gasteiger partial charge in [0.2, 0.25) is 59.1 Å². The first-order valence-electron chi connectivity index (χ1n) is 36.7. The Hall–Kier alpha value is -12.7. The van der Waals surface area contributed by atoms with Crippen molar-refractivity contribution in [2.24, 2.45) is 63.1 Å². The van der Waals surface area contributed by atoms with Gasteiger partial charge in [-0.3, -0.25) is 107 Å². The largest absolute Gasteiger partial charge is 0.370 e. The average Bonchev–Trinajstić information content (AvgIpc) is 0.863. The van der Waals surface area contributed by atoms with Crippen LogP contribution in [0.3, 0.4) is 0 Å². The molecule has 49 N–H and O–H groups in total. The molecule has 0 aliphatic carbocycles. The second-order valence-electron chi connectivity index (χ2n) is 25.9. The van der Waals surface area contributed by atoms with Crippen molar-refractivity contribution in [3.05, 3.63) is 28.4 Å². The van der Waals surface area contributed by atoms with Crippen molar-refractivity contribution in [2.45, 2.75) is 181 Å². The minimum Gasteiger partial charge on any atom is -0.370 e. The molecule has 0 aromatic carbocycles. The molecule has 0 aliphatic rings. The van der Waals surface area contributed by atoms with E-state index in [1.807, 2.05) is 0 Å². The highest BCUT2D eigenvalue weighted by Crippen LogP contribution is 2.35. The fourth-order valence-electron chi connectivity index (χ4n) is 10.5. The summed E-state index contributed by atoms with van der Waals surface area (Å²) in [5.41, 5.74) is 61.3. The Bertz CT molecular complexity index is 3490. The number of hydrogen-bond donors (Lipinski definition) is 38. The van der Waals surface area contributed by atoms with Crippen LogP contribution in [-0.2, 0) is 47.9 Å². The van der Waals surface area contributed by atoms with E-state index in [9.17, 15) is 58.1 Å². The van der Waals surface area contributed by atoms with Crippen LogP contribution in [0.4, 0.5) is 5.69 Å². The van der Waals surface area contributed by atoms with Crippen LogP contribution in [0.15, 0.2) is 23.4 Å². The molecular weight excluding hydrogens is 1560 g/mol. The van der Waals surface area contributed by atoms with Crippen LogP contribution in [0.5, 0.6) is 0 Å². The van der Waals surface area contributed by atoms with Crippen molar-refractivity contribution in [1.82, 2.24) is 101 Å². The average molecular weight is 1680 g/mol. The topological polar surface area (TPSA) is 944 Å². The predicted octanol–water partition coefficient (Wildman–Crippen LogP) is -10.7. The van der Waals surface area contributed by atoms with Gasteiger partial charge >= 0.3 is 5.69 Å². The number of hydrogen-bond acceptors (Lipinski definition) is 25. The zero-order valence-electron chi connectivity index (χ0n) is 64.3. The SMILES string of the molecule is N=C(N)NCCC[C@H](NC(=O)[C@H](CCCNC(=N)N)NC(=O)[C@H](CCCNC(=N)N)NC(=O)[C@H](CCCNC(=N)N)NC(=O)[C@H](CCCNC(=N)N)NC(=O)[C@H](CCCNC(=N)N)NC(=O)[C@H](CCCNC(=N)N)NC(=O)[C@H](CCCNC(=N)N)NC(=O)[C@H](CCCNC(=N)N)NC(=O)[C@@H](N)CSSc1ncccc1[N+](=O)[O-])C(N)=O. The summed E-state index contributed by atoms with van der Waals surface area (Å²) in [6.07, 6.45) is -0.103. The van der Waals surface area contributed by atoms with Crippen molar-refractivity contribution in [3.8, 4) is 0 Å². The molecule has 0 unspecified atom stereocenters. The third-order valence-corrected chi connectivity index (χ3v) is 18.6. The van der Waals surface area contributed by atoms with Gasteiger partial charge in [-0.1, -0.05) is 10.8 Å². The van der Waals surface area contributed by atoms with E-state index in [2.05, 4.69) is 101 Å². The van der Waals surface area contributed by atoms with Gasteiger partial charge in [-0.2, -0.15) is 0 Å². The number of amides is 10. The lowest BCUT2D eigenvalue weighted by Crippen LogP contribution is -2.60. The molecule has 1 aromatic rings. The van der Waals surface area contributed by atoms with Crippen LogP contribution in [0.2, 0.25) is 0 Å². The first-order valence-corrected chi connectivity index (χ1v) is 39.0. The Balaban J connectivity index is 4.04. The van der Waals surface area contributed by atoms with E-state index in [0.717, 1.165) is 21.6 Å². The third-order valence-electron chi connectivity index (χ3n) is 16.3. The van der Waals surface area contributed by atoms with Crippen LogP contribution in [-0.4, -0.2) is 248 Å². The lowest BCUT2D eigenvalue weighted by atomic mass is 10.0. The van der Waals surface area contributed by atoms with Crippen LogP contribution in [0.25, 0.3) is 0 Å². The number of rotatable bonds is 60. The molecule has 0 saturated carbocycles. The summed E-state index contributed by atoms with van der Waals surface area (Å²) in [4.78, 5) is 159. The lowest BCUT2D eigenvalue weighted by Gasteiger charge is -2.29. The molecular formula is C62H118N40O12S2. The fourth-order valence-corrected chi connectivity index (χ4v) is 12.7. The highest BCUT2D eigenvalue weighted by Gasteiger charge is 2.36. The maximum Gasteiger partial charge on any atom is 0.302 e. The van der Waals surface area contributed by atoms with Crippen molar-refractivity contribution >= 4 is 140 Å². The number of aromatic nitrogens is 1. The third kappa shape index (κ3) is 47.0. The van der Waals surface area contributed by atoms with Crippen molar-refractivity contribution < 1.29 is 52.9 Å².